The van der Waals surface area contributed by atoms with Gasteiger partial charge >= 0.3 is 0 Å². The van der Waals surface area contributed by atoms with Crippen LogP contribution in [0.2, 0.25) is 0 Å². The van der Waals surface area contributed by atoms with Crippen molar-refractivity contribution in [3.8, 4) is 10.6 Å². The molecule has 0 N–H and O–H groups in total. The fourth-order valence-corrected chi connectivity index (χ4v) is 3.99. The molecule has 1 fully saturated rings. The van der Waals surface area contributed by atoms with Crippen LogP contribution in [0.15, 0.2) is 18.2 Å². The van der Waals surface area contributed by atoms with Crippen LogP contribution in [-0.2, 0) is 0 Å². The summed E-state index contributed by atoms with van der Waals surface area (Å²) in [6, 6.07) is 6.50. The monoisotopic (exact) mass is 327 g/mol. The van der Waals surface area contributed by atoms with Gasteiger partial charge in [0.25, 0.3) is 0 Å². The third-order valence-electron chi connectivity index (χ3n) is 4.85. The normalized spacial score (nSPS) is 17.2. The van der Waals surface area contributed by atoms with Crippen LogP contribution in [0.25, 0.3) is 15.5 Å². The van der Waals surface area contributed by atoms with E-state index in [-0.39, 0.29) is 0 Å². The second-order valence-electron chi connectivity index (χ2n) is 6.54. The number of aromatic nitrogens is 4. The first-order valence-corrected chi connectivity index (χ1v) is 8.92. The number of piperidine rings is 1. The number of hydrogen-bond donors (Lipinski definition) is 0. The largest absolute Gasteiger partial charge is 0.306 e. The molecule has 5 nitrogen and oxygen atoms in total. The summed E-state index contributed by atoms with van der Waals surface area (Å²) < 4.78 is 1.96. The lowest BCUT2D eigenvalue weighted by atomic mass is 9.96. The minimum Gasteiger partial charge on any atom is -0.306 e. The number of fused-ring (bicyclic) bond motifs is 1. The van der Waals surface area contributed by atoms with E-state index in [1.54, 1.807) is 11.3 Å². The molecule has 0 atom stereocenters. The van der Waals surface area contributed by atoms with Crippen LogP contribution < -0.4 is 0 Å². The van der Waals surface area contributed by atoms with Crippen LogP contribution in [0.3, 0.4) is 0 Å². The Bertz CT molecular complexity index is 842. The predicted molar refractivity (Wildman–Crippen MR) is 93.0 cm³/mol. The molecule has 0 spiro atoms. The highest BCUT2D eigenvalue weighted by atomic mass is 32.1. The molecule has 0 aliphatic carbocycles. The molecule has 0 saturated carbocycles. The molecule has 3 heterocycles. The molecule has 2 aromatic heterocycles. The van der Waals surface area contributed by atoms with E-state index in [0.29, 0.717) is 5.92 Å². The van der Waals surface area contributed by atoms with Crippen molar-refractivity contribution < 1.29 is 0 Å². The van der Waals surface area contributed by atoms with Gasteiger partial charge in [-0.25, -0.2) is 0 Å². The van der Waals surface area contributed by atoms with Gasteiger partial charge in [0.15, 0.2) is 5.82 Å². The maximum absolute atomic E-state index is 4.80. The van der Waals surface area contributed by atoms with E-state index < -0.39 is 0 Å². The van der Waals surface area contributed by atoms with Gasteiger partial charge in [-0.2, -0.15) is 9.61 Å². The zero-order chi connectivity index (χ0) is 16.0. The summed E-state index contributed by atoms with van der Waals surface area (Å²) in [6.45, 7) is 6.51. The molecule has 6 heteroatoms. The van der Waals surface area contributed by atoms with Crippen LogP contribution in [-0.4, -0.2) is 44.8 Å². The molecule has 120 valence electrons. The number of aryl methyl sites for hydroxylation is 2. The van der Waals surface area contributed by atoms with Crippen molar-refractivity contribution in [1.29, 1.82) is 0 Å². The molecule has 0 unspecified atom stereocenters. The molecule has 0 bridgehead atoms. The van der Waals surface area contributed by atoms with Gasteiger partial charge in [-0.15, -0.1) is 10.2 Å². The summed E-state index contributed by atoms with van der Waals surface area (Å²) in [6.07, 6.45) is 2.27. The number of benzene rings is 1. The Morgan fingerprint density at radius 1 is 1.09 bits per heavy atom. The lowest BCUT2D eigenvalue weighted by molar-refractivity contribution is 0.250. The van der Waals surface area contributed by atoms with E-state index in [2.05, 4.69) is 54.2 Å². The number of likely N-dealkylation sites (tertiary alicyclic amines) is 1. The van der Waals surface area contributed by atoms with Gasteiger partial charge in [0, 0.05) is 11.5 Å². The summed E-state index contributed by atoms with van der Waals surface area (Å²) in [5.41, 5.74) is 3.77. The van der Waals surface area contributed by atoms with Crippen LogP contribution in [0.1, 0.15) is 35.7 Å². The van der Waals surface area contributed by atoms with Crippen LogP contribution in [0, 0.1) is 13.8 Å². The Morgan fingerprint density at radius 3 is 2.61 bits per heavy atom. The van der Waals surface area contributed by atoms with Gasteiger partial charge in [-0.1, -0.05) is 23.5 Å². The summed E-state index contributed by atoms with van der Waals surface area (Å²) in [5, 5.41) is 14.6. The van der Waals surface area contributed by atoms with Crippen molar-refractivity contribution in [3.63, 3.8) is 0 Å². The lowest BCUT2D eigenvalue weighted by Crippen LogP contribution is -2.30. The van der Waals surface area contributed by atoms with Gasteiger partial charge in [0.2, 0.25) is 4.96 Å². The van der Waals surface area contributed by atoms with Gasteiger partial charge in [-0.3, -0.25) is 0 Å². The van der Waals surface area contributed by atoms with Crippen molar-refractivity contribution in [1.82, 2.24) is 24.7 Å². The highest BCUT2D eigenvalue weighted by Gasteiger charge is 2.24. The topological polar surface area (TPSA) is 46.3 Å². The molecule has 4 rings (SSSR count). The van der Waals surface area contributed by atoms with E-state index in [9.17, 15) is 0 Å². The first-order valence-electron chi connectivity index (χ1n) is 8.10. The van der Waals surface area contributed by atoms with Crippen LogP contribution >= 0.6 is 11.3 Å². The molecule has 0 radical (unpaired) electrons. The Balaban J connectivity index is 1.70. The standard InChI is InChI=1S/C17H21N5S/c1-11-4-5-14(10-12(11)2)16-20-22-15(18-19-17(22)23-16)13-6-8-21(3)9-7-13/h4-5,10,13H,6-9H2,1-3H3. The molecule has 3 aromatic rings. The second kappa shape index (κ2) is 5.69. The Hall–Kier alpha value is -1.79. The van der Waals surface area contributed by atoms with Crippen LogP contribution in [0.5, 0.6) is 0 Å². The van der Waals surface area contributed by atoms with Gasteiger partial charge in [0.1, 0.15) is 5.01 Å². The lowest BCUT2D eigenvalue weighted by Gasteiger charge is -2.27. The fraction of sp³-hybridized carbons (Fsp3) is 0.471. The zero-order valence-electron chi connectivity index (χ0n) is 13.8. The molecule has 23 heavy (non-hydrogen) atoms. The highest BCUT2D eigenvalue weighted by molar-refractivity contribution is 7.19. The summed E-state index contributed by atoms with van der Waals surface area (Å²) in [7, 11) is 2.18. The smallest absolute Gasteiger partial charge is 0.234 e. The maximum Gasteiger partial charge on any atom is 0.234 e. The zero-order valence-corrected chi connectivity index (χ0v) is 14.6. The van der Waals surface area contributed by atoms with Gasteiger partial charge in [0.05, 0.1) is 0 Å². The van der Waals surface area contributed by atoms with E-state index in [1.807, 2.05) is 4.52 Å². The number of hydrogen-bond acceptors (Lipinski definition) is 5. The second-order valence-corrected chi connectivity index (χ2v) is 7.49. The van der Waals surface area contributed by atoms with Crippen molar-refractivity contribution in [2.75, 3.05) is 20.1 Å². The minimum atomic E-state index is 0.468. The molecule has 1 aromatic carbocycles. The SMILES string of the molecule is Cc1ccc(-c2nn3c(C4CCN(C)CC4)nnc3s2)cc1C. The Kier molecular flexibility index (Phi) is 3.66. The van der Waals surface area contributed by atoms with Crippen LogP contribution in [0.4, 0.5) is 0 Å². The Labute approximate surface area is 140 Å². The average molecular weight is 327 g/mol. The van der Waals surface area contributed by atoms with Gasteiger partial charge < -0.3 is 4.90 Å². The van der Waals surface area contributed by atoms with E-state index in [1.165, 1.54) is 11.1 Å². The van der Waals surface area contributed by atoms with Crippen molar-refractivity contribution in [2.45, 2.75) is 32.6 Å². The summed E-state index contributed by atoms with van der Waals surface area (Å²) in [5.74, 6) is 1.50. The van der Waals surface area contributed by atoms with Crippen molar-refractivity contribution >= 4 is 16.3 Å². The van der Waals surface area contributed by atoms with E-state index in [0.717, 1.165) is 47.3 Å². The van der Waals surface area contributed by atoms with E-state index in [4.69, 9.17) is 5.10 Å². The predicted octanol–water partition coefficient (Wildman–Crippen LogP) is 3.28. The first kappa shape index (κ1) is 14.8. The average Bonchev–Trinajstić information content (AvgIpc) is 3.11. The maximum atomic E-state index is 4.80. The molecule has 0 amide bonds. The van der Waals surface area contributed by atoms with Crippen molar-refractivity contribution in [2.24, 2.45) is 0 Å². The fourth-order valence-electron chi connectivity index (χ4n) is 3.14. The molecular formula is C17H21N5S. The third-order valence-corrected chi connectivity index (χ3v) is 5.80. The third kappa shape index (κ3) is 2.66. The molecular weight excluding hydrogens is 306 g/mol. The highest BCUT2D eigenvalue weighted by Crippen LogP contribution is 2.31. The Morgan fingerprint density at radius 2 is 1.87 bits per heavy atom. The van der Waals surface area contributed by atoms with Crippen molar-refractivity contribution in [3.05, 3.63) is 35.2 Å². The summed E-state index contributed by atoms with van der Waals surface area (Å²) in [4.78, 5) is 3.27. The number of rotatable bonds is 2. The quantitative estimate of drug-likeness (QED) is 0.725. The molecule has 1 aliphatic heterocycles. The molecule has 1 aliphatic rings. The van der Waals surface area contributed by atoms with Gasteiger partial charge in [-0.05, 0) is 64.0 Å². The molecule has 1 saturated heterocycles. The van der Waals surface area contributed by atoms with E-state index >= 15 is 0 Å². The first-order chi connectivity index (χ1) is 11.1. The minimum absolute atomic E-state index is 0.468. The number of nitrogens with zero attached hydrogens (tertiary/aromatic N) is 5. The summed E-state index contributed by atoms with van der Waals surface area (Å²) >= 11 is 1.62.